The van der Waals surface area contributed by atoms with E-state index >= 15 is 0 Å². The molecule has 1 fully saturated rings. The smallest absolute Gasteiger partial charge is 0.237 e. The van der Waals surface area contributed by atoms with Crippen LogP contribution in [0.25, 0.3) is 0 Å². The number of carbonyl (C=O) groups excluding carboxylic acids is 1. The van der Waals surface area contributed by atoms with Gasteiger partial charge in [-0.25, -0.2) is 0 Å². The molecule has 2 aliphatic rings. The highest BCUT2D eigenvalue weighted by atomic mass is 35.5. The van der Waals surface area contributed by atoms with Crippen molar-refractivity contribution in [3.63, 3.8) is 0 Å². The maximum atomic E-state index is 12.5. The SMILES string of the molecule is Cl.O=C(NC1CCCCCCC1)C1Cc2ccccc2CN1. The maximum Gasteiger partial charge on any atom is 0.237 e. The summed E-state index contributed by atoms with van der Waals surface area (Å²) in [4.78, 5) is 12.5. The van der Waals surface area contributed by atoms with Crippen LogP contribution in [0.3, 0.4) is 0 Å². The molecule has 1 atom stereocenters. The Labute approximate surface area is 139 Å². The molecule has 1 unspecified atom stereocenters. The van der Waals surface area contributed by atoms with Gasteiger partial charge in [0.25, 0.3) is 0 Å². The van der Waals surface area contributed by atoms with Crippen molar-refractivity contribution in [1.82, 2.24) is 10.6 Å². The van der Waals surface area contributed by atoms with Gasteiger partial charge in [-0.3, -0.25) is 4.79 Å². The molecule has 0 saturated heterocycles. The normalized spacial score (nSPS) is 22.6. The van der Waals surface area contributed by atoms with E-state index in [1.807, 2.05) is 0 Å². The number of hydrogen-bond acceptors (Lipinski definition) is 2. The first-order chi connectivity index (χ1) is 10.3. The van der Waals surface area contributed by atoms with Gasteiger partial charge in [0.2, 0.25) is 5.91 Å². The van der Waals surface area contributed by atoms with E-state index in [0.717, 1.165) is 25.8 Å². The van der Waals surface area contributed by atoms with Crippen LogP contribution in [-0.2, 0) is 17.8 Å². The number of rotatable bonds is 2. The third-order valence-corrected chi connectivity index (χ3v) is 4.85. The summed E-state index contributed by atoms with van der Waals surface area (Å²) in [5.41, 5.74) is 2.64. The van der Waals surface area contributed by atoms with Crippen LogP contribution in [0, 0.1) is 0 Å². The summed E-state index contributed by atoms with van der Waals surface area (Å²) in [5, 5.41) is 6.67. The van der Waals surface area contributed by atoms with Gasteiger partial charge < -0.3 is 10.6 Å². The molecule has 0 bridgehead atoms. The number of fused-ring (bicyclic) bond motifs is 1. The van der Waals surface area contributed by atoms with Crippen LogP contribution in [0.1, 0.15) is 56.1 Å². The second kappa shape index (κ2) is 8.54. The van der Waals surface area contributed by atoms with E-state index in [1.54, 1.807) is 0 Å². The molecule has 3 nitrogen and oxygen atoms in total. The summed E-state index contributed by atoms with van der Waals surface area (Å²) in [7, 11) is 0. The molecule has 3 rings (SSSR count). The Morgan fingerprint density at radius 3 is 2.36 bits per heavy atom. The zero-order valence-electron chi connectivity index (χ0n) is 13.1. The summed E-state index contributed by atoms with van der Waals surface area (Å²) in [6.45, 7) is 0.804. The van der Waals surface area contributed by atoms with E-state index in [1.165, 1.54) is 43.2 Å². The Bertz CT molecular complexity index is 484. The van der Waals surface area contributed by atoms with Gasteiger partial charge in [-0.2, -0.15) is 0 Å². The maximum absolute atomic E-state index is 12.5. The second-order valence-corrected chi connectivity index (χ2v) is 6.46. The summed E-state index contributed by atoms with van der Waals surface area (Å²) in [6.07, 6.45) is 9.63. The van der Waals surface area contributed by atoms with Crippen molar-refractivity contribution >= 4 is 18.3 Å². The van der Waals surface area contributed by atoms with E-state index < -0.39 is 0 Å². The highest BCUT2D eigenvalue weighted by Crippen LogP contribution is 2.19. The monoisotopic (exact) mass is 322 g/mol. The second-order valence-electron chi connectivity index (χ2n) is 6.46. The molecule has 1 heterocycles. The topological polar surface area (TPSA) is 41.1 Å². The third kappa shape index (κ3) is 4.47. The third-order valence-electron chi connectivity index (χ3n) is 4.85. The van der Waals surface area contributed by atoms with Gasteiger partial charge >= 0.3 is 0 Å². The van der Waals surface area contributed by atoms with Crippen molar-refractivity contribution in [3.05, 3.63) is 35.4 Å². The van der Waals surface area contributed by atoms with Crippen molar-refractivity contribution in [2.75, 3.05) is 0 Å². The number of nitrogens with one attached hydrogen (secondary N) is 2. The molecule has 1 amide bonds. The molecule has 0 radical (unpaired) electrons. The van der Waals surface area contributed by atoms with Gasteiger partial charge in [0.15, 0.2) is 0 Å². The first kappa shape index (κ1) is 17.3. The Balaban J connectivity index is 0.00000176. The Morgan fingerprint density at radius 1 is 1.00 bits per heavy atom. The number of benzene rings is 1. The quantitative estimate of drug-likeness (QED) is 0.876. The first-order valence-electron chi connectivity index (χ1n) is 8.43. The highest BCUT2D eigenvalue weighted by molar-refractivity contribution is 5.85. The van der Waals surface area contributed by atoms with Crippen LogP contribution in [0.5, 0.6) is 0 Å². The van der Waals surface area contributed by atoms with E-state index in [9.17, 15) is 4.79 Å². The summed E-state index contributed by atoms with van der Waals surface area (Å²) in [5.74, 6) is 0.190. The molecule has 1 aliphatic carbocycles. The lowest BCUT2D eigenvalue weighted by atomic mass is 9.94. The molecule has 4 heteroatoms. The molecule has 1 aromatic rings. The van der Waals surface area contributed by atoms with Crippen molar-refractivity contribution in [2.45, 2.75) is 70.0 Å². The van der Waals surface area contributed by atoms with Crippen molar-refractivity contribution in [1.29, 1.82) is 0 Å². The van der Waals surface area contributed by atoms with E-state index in [2.05, 4.69) is 34.9 Å². The number of halogens is 1. The van der Waals surface area contributed by atoms with Crippen molar-refractivity contribution in [2.24, 2.45) is 0 Å². The van der Waals surface area contributed by atoms with Crippen LogP contribution in [0.2, 0.25) is 0 Å². The van der Waals surface area contributed by atoms with Crippen LogP contribution in [-0.4, -0.2) is 18.0 Å². The fraction of sp³-hybridized carbons (Fsp3) is 0.611. The number of amides is 1. The van der Waals surface area contributed by atoms with Gasteiger partial charge in [0, 0.05) is 12.6 Å². The minimum atomic E-state index is -0.0645. The van der Waals surface area contributed by atoms with Gasteiger partial charge in [0.05, 0.1) is 6.04 Å². The van der Waals surface area contributed by atoms with E-state index in [-0.39, 0.29) is 24.4 Å². The predicted octanol–water partition coefficient (Wildman–Crippen LogP) is 3.35. The molecule has 122 valence electrons. The van der Waals surface area contributed by atoms with Crippen LogP contribution in [0.15, 0.2) is 24.3 Å². The molecule has 1 aliphatic heterocycles. The zero-order chi connectivity index (χ0) is 14.5. The van der Waals surface area contributed by atoms with Crippen molar-refractivity contribution in [3.8, 4) is 0 Å². The molecule has 0 spiro atoms. The molecule has 1 saturated carbocycles. The van der Waals surface area contributed by atoms with Gasteiger partial charge in [-0.15, -0.1) is 12.4 Å². The van der Waals surface area contributed by atoms with Gasteiger partial charge in [-0.1, -0.05) is 56.4 Å². The molecule has 1 aromatic carbocycles. The number of hydrogen-bond donors (Lipinski definition) is 2. The van der Waals surface area contributed by atoms with E-state index in [0.29, 0.717) is 6.04 Å². The fourth-order valence-electron chi connectivity index (χ4n) is 3.54. The first-order valence-corrected chi connectivity index (χ1v) is 8.43. The lowest BCUT2D eigenvalue weighted by Gasteiger charge is -2.28. The Morgan fingerprint density at radius 2 is 1.64 bits per heavy atom. The lowest BCUT2D eigenvalue weighted by molar-refractivity contribution is -0.124. The van der Waals surface area contributed by atoms with Gasteiger partial charge in [-0.05, 0) is 30.4 Å². The highest BCUT2D eigenvalue weighted by Gasteiger charge is 2.25. The molecular formula is C18H27ClN2O. The summed E-state index contributed by atoms with van der Waals surface area (Å²) in [6, 6.07) is 8.74. The minimum absolute atomic E-state index is 0. The molecular weight excluding hydrogens is 296 g/mol. The zero-order valence-corrected chi connectivity index (χ0v) is 14.0. The fourth-order valence-corrected chi connectivity index (χ4v) is 3.54. The Kier molecular flexibility index (Phi) is 6.71. The standard InChI is InChI=1S/C18H26N2O.ClH/c21-18(20-16-10-4-2-1-3-5-11-16)17-12-14-8-6-7-9-15(14)13-19-17;/h6-9,16-17,19H,1-5,10-13H2,(H,20,21);1H. The average Bonchev–Trinajstić information content (AvgIpc) is 2.49. The molecule has 2 N–H and O–H groups in total. The lowest BCUT2D eigenvalue weighted by Crippen LogP contribution is -2.50. The minimum Gasteiger partial charge on any atom is -0.352 e. The predicted molar refractivity (Wildman–Crippen MR) is 92.3 cm³/mol. The molecule has 0 aromatic heterocycles. The van der Waals surface area contributed by atoms with Crippen molar-refractivity contribution < 1.29 is 4.79 Å². The largest absolute Gasteiger partial charge is 0.352 e. The van der Waals surface area contributed by atoms with E-state index in [4.69, 9.17) is 0 Å². The number of carbonyl (C=O) groups is 1. The van der Waals surface area contributed by atoms with Crippen LogP contribution in [0.4, 0.5) is 0 Å². The Hall–Kier alpha value is -1.06. The van der Waals surface area contributed by atoms with Crippen LogP contribution >= 0.6 is 12.4 Å². The summed E-state index contributed by atoms with van der Waals surface area (Å²) < 4.78 is 0. The average molecular weight is 323 g/mol. The van der Waals surface area contributed by atoms with Crippen LogP contribution < -0.4 is 10.6 Å². The summed E-state index contributed by atoms with van der Waals surface area (Å²) >= 11 is 0. The van der Waals surface area contributed by atoms with Gasteiger partial charge in [0.1, 0.15) is 0 Å². The molecule has 22 heavy (non-hydrogen) atoms.